The van der Waals surface area contributed by atoms with Crippen LogP contribution in [0.5, 0.6) is 0 Å². The van der Waals surface area contributed by atoms with Crippen LogP contribution in [0.15, 0.2) is 30.3 Å². The largest absolute Gasteiger partial charge is 0.376 e. The van der Waals surface area contributed by atoms with Crippen molar-refractivity contribution in [2.45, 2.75) is 31.9 Å². The highest BCUT2D eigenvalue weighted by Gasteiger charge is 2.29. The van der Waals surface area contributed by atoms with Gasteiger partial charge in [-0.3, -0.25) is 4.79 Å². The van der Waals surface area contributed by atoms with Gasteiger partial charge in [-0.1, -0.05) is 30.3 Å². The predicted molar refractivity (Wildman–Crippen MR) is 89.1 cm³/mol. The molecular weight excluding hydrogens is 300 g/mol. The molecule has 0 radical (unpaired) electrons. The molecule has 1 amide bonds. The Morgan fingerprint density at radius 3 is 2.73 bits per heavy atom. The molecule has 2 aliphatic heterocycles. The van der Waals surface area contributed by atoms with Gasteiger partial charge in [0.1, 0.15) is 0 Å². The maximum absolute atomic E-state index is 12.8. The molecule has 0 bridgehead atoms. The Morgan fingerprint density at radius 1 is 1.27 bits per heavy atom. The van der Waals surface area contributed by atoms with Crippen molar-refractivity contribution in [1.29, 1.82) is 0 Å². The molecule has 4 nitrogen and oxygen atoms in total. The van der Waals surface area contributed by atoms with Gasteiger partial charge >= 0.3 is 0 Å². The second-order valence-electron chi connectivity index (χ2n) is 6.03. The number of ether oxygens (including phenoxy) is 1. The van der Waals surface area contributed by atoms with E-state index in [2.05, 4.69) is 17.4 Å². The Hall–Kier alpha value is -1.10. The molecular formula is C17H25ClN2O2. The van der Waals surface area contributed by atoms with E-state index in [0.717, 1.165) is 45.5 Å². The number of amides is 1. The standard InChI is InChI=1S/C17H24N2O2.ClH/c20-17(15-8-9-18-11-15)19(13-16-7-4-10-21-16)12-14-5-2-1-3-6-14;/h1-3,5-6,15-16,18H,4,7-13H2;1H. The second kappa shape index (κ2) is 8.51. The molecule has 1 aromatic rings. The van der Waals surface area contributed by atoms with Crippen molar-refractivity contribution < 1.29 is 9.53 Å². The Morgan fingerprint density at radius 2 is 2.09 bits per heavy atom. The molecule has 1 N–H and O–H groups in total. The Labute approximate surface area is 138 Å². The number of rotatable bonds is 5. The van der Waals surface area contributed by atoms with Gasteiger partial charge < -0.3 is 15.0 Å². The fourth-order valence-corrected chi connectivity index (χ4v) is 3.19. The molecule has 2 fully saturated rings. The van der Waals surface area contributed by atoms with E-state index in [0.29, 0.717) is 6.54 Å². The summed E-state index contributed by atoms with van der Waals surface area (Å²) in [5, 5.41) is 3.29. The quantitative estimate of drug-likeness (QED) is 0.903. The van der Waals surface area contributed by atoms with Gasteiger partial charge in [0, 0.05) is 26.2 Å². The summed E-state index contributed by atoms with van der Waals surface area (Å²) in [7, 11) is 0. The number of hydrogen-bond acceptors (Lipinski definition) is 3. The highest BCUT2D eigenvalue weighted by atomic mass is 35.5. The van der Waals surface area contributed by atoms with Crippen LogP contribution in [-0.4, -0.2) is 43.2 Å². The van der Waals surface area contributed by atoms with Crippen molar-refractivity contribution in [2.75, 3.05) is 26.2 Å². The topological polar surface area (TPSA) is 41.6 Å². The molecule has 122 valence electrons. The van der Waals surface area contributed by atoms with E-state index in [1.54, 1.807) is 0 Å². The van der Waals surface area contributed by atoms with E-state index in [9.17, 15) is 4.79 Å². The maximum atomic E-state index is 12.8. The van der Waals surface area contributed by atoms with Crippen LogP contribution in [0.25, 0.3) is 0 Å². The van der Waals surface area contributed by atoms with Crippen molar-refractivity contribution in [1.82, 2.24) is 10.2 Å². The highest BCUT2D eigenvalue weighted by Crippen LogP contribution is 2.19. The third kappa shape index (κ3) is 4.45. The predicted octanol–water partition coefficient (Wildman–Crippen LogP) is 2.23. The summed E-state index contributed by atoms with van der Waals surface area (Å²) in [6.45, 7) is 4.02. The molecule has 3 rings (SSSR count). The average molecular weight is 325 g/mol. The molecule has 1 aromatic carbocycles. The number of nitrogens with zero attached hydrogens (tertiary/aromatic N) is 1. The van der Waals surface area contributed by atoms with Crippen LogP contribution in [0.3, 0.4) is 0 Å². The molecule has 0 aromatic heterocycles. The lowest BCUT2D eigenvalue weighted by Gasteiger charge is -2.28. The van der Waals surface area contributed by atoms with Gasteiger partial charge in [0.25, 0.3) is 0 Å². The minimum absolute atomic E-state index is 0. The summed E-state index contributed by atoms with van der Waals surface area (Å²) in [6, 6.07) is 10.2. The zero-order chi connectivity index (χ0) is 14.5. The van der Waals surface area contributed by atoms with E-state index in [4.69, 9.17) is 4.74 Å². The Balaban J connectivity index is 0.00000176. The van der Waals surface area contributed by atoms with Crippen LogP contribution >= 0.6 is 12.4 Å². The van der Waals surface area contributed by atoms with Gasteiger partial charge in [-0.25, -0.2) is 0 Å². The summed E-state index contributed by atoms with van der Waals surface area (Å²) in [4.78, 5) is 14.8. The molecule has 2 saturated heterocycles. The van der Waals surface area contributed by atoms with Gasteiger partial charge in [0.05, 0.1) is 12.0 Å². The second-order valence-corrected chi connectivity index (χ2v) is 6.03. The van der Waals surface area contributed by atoms with Gasteiger partial charge in [0.15, 0.2) is 0 Å². The SMILES string of the molecule is Cl.O=C(C1CCNC1)N(Cc1ccccc1)CC1CCCO1. The first-order valence-electron chi connectivity index (χ1n) is 7.98. The first-order valence-corrected chi connectivity index (χ1v) is 7.98. The maximum Gasteiger partial charge on any atom is 0.227 e. The molecule has 22 heavy (non-hydrogen) atoms. The minimum atomic E-state index is 0. The van der Waals surface area contributed by atoms with Gasteiger partial charge in [0.2, 0.25) is 5.91 Å². The molecule has 0 aliphatic carbocycles. The third-order valence-corrected chi connectivity index (χ3v) is 4.39. The summed E-state index contributed by atoms with van der Waals surface area (Å²) in [5.74, 6) is 0.412. The van der Waals surface area contributed by atoms with E-state index in [-0.39, 0.29) is 30.3 Å². The fraction of sp³-hybridized carbons (Fsp3) is 0.588. The van der Waals surface area contributed by atoms with E-state index < -0.39 is 0 Å². The monoisotopic (exact) mass is 324 g/mol. The molecule has 2 aliphatic rings. The van der Waals surface area contributed by atoms with Crippen molar-refractivity contribution in [2.24, 2.45) is 5.92 Å². The summed E-state index contributed by atoms with van der Waals surface area (Å²) < 4.78 is 5.72. The van der Waals surface area contributed by atoms with Crippen LogP contribution in [-0.2, 0) is 16.1 Å². The van der Waals surface area contributed by atoms with Crippen molar-refractivity contribution in [3.63, 3.8) is 0 Å². The zero-order valence-corrected chi connectivity index (χ0v) is 13.7. The summed E-state index contributed by atoms with van der Waals surface area (Å²) in [5.41, 5.74) is 1.19. The number of halogens is 1. The Bertz CT molecular complexity index is 457. The number of nitrogens with one attached hydrogen (secondary N) is 1. The van der Waals surface area contributed by atoms with Crippen LogP contribution in [0.1, 0.15) is 24.8 Å². The molecule has 2 atom stereocenters. The molecule has 5 heteroatoms. The first kappa shape index (κ1) is 17.3. The van der Waals surface area contributed by atoms with Gasteiger partial charge in [-0.05, 0) is 31.4 Å². The molecule has 2 heterocycles. The lowest BCUT2D eigenvalue weighted by atomic mass is 10.1. The number of carbonyl (C=O) groups excluding carboxylic acids is 1. The first-order chi connectivity index (χ1) is 10.3. The van der Waals surface area contributed by atoms with E-state index in [1.807, 2.05) is 23.1 Å². The van der Waals surface area contributed by atoms with E-state index in [1.165, 1.54) is 5.56 Å². The van der Waals surface area contributed by atoms with Gasteiger partial charge in [-0.2, -0.15) is 0 Å². The molecule has 0 saturated carbocycles. The summed E-state index contributed by atoms with van der Waals surface area (Å²) in [6.07, 6.45) is 3.35. The average Bonchev–Trinajstić information content (AvgIpc) is 3.20. The van der Waals surface area contributed by atoms with Crippen LogP contribution < -0.4 is 5.32 Å². The number of benzene rings is 1. The van der Waals surface area contributed by atoms with Gasteiger partial charge in [-0.15, -0.1) is 12.4 Å². The fourth-order valence-electron chi connectivity index (χ4n) is 3.19. The third-order valence-electron chi connectivity index (χ3n) is 4.39. The lowest BCUT2D eigenvalue weighted by Crippen LogP contribution is -2.41. The number of carbonyl (C=O) groups is 1. The van der Waals surface area contributed by atoms with Crippen LogP contribution in [0.2, 0.25) is 0 Å². The van der Waals surface area contributed by atoms with Crippen molar-refractivity contribution >= 4 is 18.3 Å². The lowest BCUT2D eigenvalue weighted by molar-refractivity contribution is -0.137. The smallest absolute Gasteiger partial charge is 0.227 e. The van der Waals surface area contributed by atoms with E-state index >= 15 is 0 Å². The normalized spacial score (nSPS) is 24.0. The van der Waals surface area contributed by atoms with Crippen LogP contribution in [0.4, 0.5) is 0 Å². The van der Waals surface area contributed by atoms with Crippen molar-refractivity contribution in [3.05, 3.63) is 35.9 Å². The number of hydrogen-bond donors (Lipinski definition) is 1. The summed E-state index contributed by atoms with van der Waals surface area (Å²) >= 11 is 0. The zero-order valence-electron chi connectivity index (χ0n) is 12.9. The van der Waals surface area contributed by atoms with Crippen LogP contribution in [0, 0.1) is 5.92 Å². The minimum Gasteiger partial charge on any atom is -0.376 e. The Kier molecular flexibility index (Phi) is 6.68. The molecule has 2 unspecified atom stereocenters. The van der Waals surface area contributed by atoms with Crippen molar-refractivity contribution in [3.8, 4) is 0 Å². The highest BCUT2D eigenvalue weighted by molar-refractivity contribution is 5.85. The molecule has 0 spiro atoms.